The number of aliphatic hydroxyl groups is 1. The van der Waals surface area contributed by atoms with E-state index in [0.717, 1.165) is 16.3 Å². The Hall–Kier alpha value is -1.79. The van der Waals surface area contributed by atoms with E-state index < -0.39 is 0 Å². The first kappa shape index (κ1) is 14.6. The van der Waals surface area contributed by atoms with E-state index in [1.165, 1.54) is 11.3 Å². The molecule has 5 nitrogen and oxygen atoms in total. The average Bonchev–Trinajstić information content (AvgIpc) is 2.95. The van der Waals surface area contributed by atoms with Gasteiger partial charge in [0.15, 0.2) is 0 Å². The predicted molar refractivity (Wildman–Crippen MR) is 78.4 cm³/mol. The van der Waals surface area contributed by atoms with Crippen LogP contribution in [0, 0.1) is 0 Å². The third-order valence-electron chi connectivity index (χ3n) is 3.11. The third-order valence-corrected chi connectivity index (χ3v) is 4.05. The lowest BCUT2D eigenvalue weighted by atomic mass is 10.2. The fourth-order valence-corrected chi connectivity index (χ4v) is 2.47. The van der Waals surface area contributed by atoms with Gasteiger partial charge < -0.3 is 10.0 Å². The van der Waals surface area contributed by atoms with Gasteiger partial charge >= 0.3 is 0 Å². The zero-order valence-corrected chi connectivity index (χ0v) is 12.3. The Bertz CT molecular complexity index is 571. The monoisotopic (exact) mass is 291 g/mol. The van der Waals surface area contributed by atoms with Crippen molar-refractivity contribution < 1.29 is 9.90 Å². The summed E-state index contributed by atoms with van der Waals surface area (Å²) in [6.07, 6.45) is 3.72. The normalized spacial score (nSPS) is 12.2. The van der Waals surface area contributed by atoms with Gasteiger partial charge in [0.1, 0.15) is 5.01 Å². The number of pyridine rings is 1. The van der Waals surface area contributed by atoms with E-state index in [9.17, 15) is 4.79 Å². The molecule has 1 N–H and O–H groups in total. The Kier molecular flexibility index (Phi) is 4.81. The van der Waals surface area contributed by atoms with Crippen molar-refractivity contribution in [3.8, 4) is 10.6 Å². The molecule has 0 aromatic carbocycles. The second kappa shape index (κ2) is 6.58. The number of aliphatic hydroxyl groups excluding tert-OH is 1. The molecule has 0 aliphatic carbocycles. The van der Waals surface area contributed by atoms with Crippen LogP contribution in [0.25, 0.3) is 10.6 Å². The molecule has 20 heavy (non-hydrogen) atoms. The van der Waals surface area contributed by atoms with Crippen LogP contribution in [0.2, 0.25) is 0 Å². The lowest BCUT2D eigenvalue weighted by Crippen LogP contribution is -2.38. The van der Waals surface area contributed by atoms with E-state index in [4.69, 9.17) is 5.11 Å². The SMILES string of the molecule is CC(CO)N(C)C(=O)Cc1csc(-c2cccnc2)n1. The molecule has 0 saturated heterocycles. The minimum Gasteiger partial charge on any atom is -0.394 e. The minimum atomic E-state index is -0.182. The van der Waals surface area contributed by atoms with E-state index >= 15 is 0 Å². The molecule has 6 heteroatoms. The van der Waals surface area contributed by atoms with Gasteiger partial charge in [-0.05, 0) is 19.1 Å². The van der Waals surface area contributed by atoms with Crippen molar-refractivity contribution in [1.29, 1.82) is 0 Å². The minimum absolute atomic E-state index is 0.0414. The Balaban J connectivity index is 2.05. The maximum atomic E-state index is 12.0. The van der Waals surface area contributed by atoms with Crippen molar-refractivity contribution in [2.45, 2.75) is 19.4 Å². The van der Waals surface area contributed by atoms with Crippen LogP contribution in [0.5, 0.6) is 0 Å². The van der Waals surface area contributed by atoms with Gasteiger partial charge in [-0.25, -0.2) is 4.98 Å². The number of carbonyl (C=O) groups is 1. The molecule has 2 aromatic rings. The summed E-state index contributed by atoms with van der Waals surface area (Å²) in [4.78, 5) is 22.1. The topological polar surface area (TPSA) is 66.3 Å². The summed E-state index contributed by atoms with van der Waals surface area (Å²) in [6, 6.07) is 3.62. The smallest absolute Gasteiger partial charge is 0.228 e. The van der Waals surface area contributed by atoms with Crippen LogP contribution in [0.4, 0.5) is 0 Å². The molecule has 2 rings (SSSR count). The van der Waals surface area contributed by atoms with Gasteiger partial charge in [0.25, 0.3) is 0 Å². The van der Waals surface area contributed by atoms with Crippen molar-refractivity contribution >= 4 is 17.2 Å². The van der Waals surface area contributed by atoms with Crippen molar-refractivity contribution in [2.24, 2.45) is 0 Å². The number of rotatable bonds is 5. The zero-order valence-electron chi connectivity index (χ0n) is 11.5. The van der Waals surface area contributed by atoms with Crippen LogP contribution in [0.3, 0.4) is 0 Å². The van der Waals surface area contributed by atoms with Gasteiger partial charge in [-0.1, -0.05) is 0 Å². The molecular formula is C14H17N3O2S. The van der Waals surface area contributed by atoms with E-state index in [1.807, 2.05) is 17.5 Å². The Labute approximate surface area is 121 Å². The Morgan fingerprint density at radius 3 is 3.00 bits per heavy atom. The molecule has 0 aliphatic heterocycles. The summed E-state index contributed by atoms with van der Waals surface area (Å²) in [5.41, 5.74) is 1.70. The number of nitrogens with zero attached hydrogens (tertiary/aromatic N) is 3. The van der Waals surface area contributed by atoms with Crippen LogP contribution >= 0.6 is 11.3 Å². The van der Waals surface area contributed by atoms with E-state index in [2.05, 4.69) is 9.97 Å². The van der Waals surface area contributed by atoms with Gasteiger partial charge in [0.2, 0.25) is 5.91 Å². The van der Waals surface area contributed by atoms with E-state index in [0.29, 0.717) is 0 Å². The molecule has 0 fully saturated rings. The third kappa shape index (κ3) is 3.40. The molecule has 1 atom stereocenters. The number of amides is 1. The van der Waals surface area contributed by atoms with E-state index in [1.54, 1.807) is 31.3 Å². The van der Waals surface area contributed by atoms with Gasteiger partial charge in [-0.2, -0.15) is 0 Å². The number of carbonyl (C=O) groups excluding carboxylic acids is 1. The molecule has 106 valence electrons. The predicted octanol–water partition coefficient (Wildman–Crippen LogP) is 1.59. The second-order valence-corrected chi connectivity index (χ2v) is 5.46. The zero-order chi connectivity index (χ0) is 14.5. The summed E-state index contributed by atoms with van der Waals surface area (Å²) in [6.45, 7) is 1.76. The van der Waals surface area contributed by atoms with Crippen molar-refractivity contribution in [2.75, 3.05) is 13.7 Å². The highest BCUT2D eigenvalue weighted by Crippen LogP contribution is 2.23. The Morgan fingerprint density at radius 1 is 1.55 bits per heavy atom. The van der Waals surface area contributed by atoms with Crippen LogP contribution in [0.1, 0.15) is 12.6 Å². The quantitative estimate of drug-likeness (QED) is 0.908. The van der Waals surface area contributed by atoms with Crippen molar-refractivity contribution in [1.82, 2.24) is 14.9 Å². The summed E-state index contributed by atoms with van der Waals surface area (Å²) in [7, 11) is 1.69. The first-order chi connectivity index (χ1) is 9.61. The molecule has 1 amide bonds. The standard InChI is InChI=1S/C14H17N3O2S/c1-10(8-18)17(2)13(19)6-12-9-20-14(16-12)11-4-3-5-15-7-11/h3-5,7,9-10,18H,6,8H2,1-2H3. The number of hydrogen-bond donors (Lipinski definition) is 1. The van der Waals surface area contributed by atoms with Gasteiger partial charge in [0.05, 0.1) is 24.8 Å². The lowest BCUT2D eigenvalue weighted by Gasteiger charge is -2.22. The molecular weight excluding hydrogens is 274 g/mol. The Morgan fingerprint density at radius 2 is 2.35 bits per heavy atom. The van der Waals surface area contributed by atoms with Crippen molar-refractivity contribution in [3.05, 3.63) is 35.6 Å². The molecule has 0 aliphatic rings. The highest BCUT2D eigenvalue weighted by atomic mass is 32.1. The number of aromatic nitrogens is 2. The van der Waals surface area contributed by atoms with Gasteiger partial charge in [0, 0.05) is 30.4 Å². The van der Waals surface area contributed by atoms with Crippen LogP contribution in [0.15, 0.2) is 29.9 Å². The van der Waals surface area contributed by atoms with Gasteiger partial charge in [-0.3, -0.25) is 9.78 Å². The highest BCUT2D eigenvalue weighted by molar-refractivity contribution is 7.13. The summed E-state index contributed by atoms with van der Waals surface area (Å²) >= 11 is 1.50. The number of likely N-dealkylation sites (N-methyl/N-ethyl adjacent to an activating group) is 1. The average molecular weight is 291 g/mol. The lowest BCUT2D eigenvalue weighted by molar-refractivity contribution is -0.131. The molecule has 0 bridgehead atoms. The molecule has 0 radical (unpaired) electrons. The second-order valence-electron chi connectivity index (χ2n) is 4.60. The first-order valence-electron chi connectivity index (χ1n) is 6.33. The van der Waals surface area contributed by atoms with Crippen LogP contribution in [-0.2, 0) is 11.2 Å². The number of thiazole rings is 1. The molecule has 2 heterocycles. The fraction of sp³-hybridized carbons (Fsp3) is 0.357. The number of hydrogen-bond acceptors (Lipinski definition) is 5. The summed E-state index contributed by atoms with van der Waals surface area (Å²) < 4.78 is 0. The highest BCUT2D eigenvalue weighted by Gasteiger charge is 2.16. The van der Waals surface area contributed by atoms with Crippen LogP contribution < -0.4 is 0 Å². The largest absolute Gasteiger partial charge is 0.394 e. The molecule has 2 aromatic heterocycles. The maximum absolute atomic E-state index is 12.0. The molecule has 0 saturated carbocycles. The molecule has 0 spiro atoms. The van der Waals surface area contributed by atoms with E-state index in [-0.39, 0.29) is 25.0 Å². The fourth-order valence-electron chi connectivity index (χ4n) is 1.66. The maximum Gasteiger partial charge on any atom is 0.228 e. The van der Waals surface area contributed by atoms with Crippen molar-refractivity contribution in [3.63, 3.8) is 0 Å². The van der Waals surface area contributed by atoms with Crippen LogP contribution in [-0.4, -0.2) is 45.6 Å². The molecule has 1 unspecified atom stereocenters. The summed E-state index contributed by atoms with van der Waals surface area (Å²) in [5.74, 6) is -0.0467. The first-order valence-corrected chi connectivity index (χ1v) is 7.21. The van der Waals surface area contributed by atoms with Gasteiger partial charge in [-0.15, -0.1) is 11.3 Å². The summed E-state index contributed by atoms with van der Waals surface area (Å²) in [5, 5.41) is 11.8.